The molecule has 0 atom stereocenters. The maximum Gasteiger partial charge on any atom is 0.170 e. The minimum Gasteiger partial charge on any atom is -0.362 e. The Bertz CT molecular complexity index is 645. The van der Waals surface area contributed by atoms with Crippen LogP contribution in [0.4, 0.5) is 5.69 Å². The normalized spacial score (nSPS) is 10.4. The number of benzene rings is 2. The first-order valence-electron chi connectivity index (χ1n) is 6.87. The molecule has 2 nitrogen and oxygen atoms in total. The molecule has 7 heteroatoms. The third kappa shape index (κ3) is 6.51. The molecule has 0 aliphatic rings. The Hall–Kier alpha value is -0.460. The van der Waals surface area contributed by atoms with Crippen molar-refractivity contribution in [3.63, 3.8) is 0 Å². The summed E-state index contributed by atoms with van der Waals surface area (Å²) in [5.41, 5.74) is 1.94. The standard InChI is InChI=1S/C16H15BrCl2N2S2/c17-11-4-6-12(7-5-11)21-16(22)20-8-9-23-10-13-14(18)2-1-3-15(13)19/h1-7H,8-10H2,(H2,20,21,22). The van der Waals surface area contributed by atoms with Gasteiger partial charge >= 0.3 is 0 Å². The van der Waals surface area contributed by atoms with E-state index in [0.29, 0.717) is 15.2 Å². The molecule has 2 aromatic rings. The van der Waals surface area contributed by atoms with Crippen LogP contribution >= 0.6 is 63.1 Å². The fourth-order valence-electron chi connectivity index (χ4n) is 1.79. The van der Waals surface area contributed by atoms with Gasteiger partial charge < -0.3 is 10.6 Å². The molecule has 0 unspecified atom stereocenters. The second-order valence-electron chi connectivity index (χ2n) is 4.64. The highest BCUT2D eigenvalue weighted by atomic mass is 79.9. The predicted octanol–water partition coefficient (Wildman–Crippen LogP) is 5.98. The van der Waals surface area contributed by atoms with E-state index in [-0.39, 0.29) is 0 Å². The highest BCUT2D eigenvalue weighted by Crippen LogP contribution is 2.27. The van der Waals surface area contributed by atoms with Crippen LogP contribution in [0.3, 0.4) is 0 Å². The van der Waals surface area contributed by atoms with Gasteiger partial charge in [0.25, 0.3) is 0 Å². The van der Waals surface area contributed by atoms with Gasteiger partial charge in [0.05, 0.1) is 0 Å². The minimum atomic E-state index is 0.615. The summed E-state index contributed by atoms with van der Waals surface area (Å²) in [7, 11) is 0. The van der Waals surface area contributed by atoms with Gasteiger partial charge in [-0.2, -0.15) is 11.8 Å². The summed E-state index contributed by atoms with van der Waals surface area (Å²) in [5.74, 6) is 1.69. The number of thiocarbonyl (C=S) groups is 1. The topological polar surface area (TPSA) is 24.1 Å². The number of halogens is 3. The molecular formula is C16H15BrCl2N2S2. The van der Waals surface area contributed by atoms with Gasteiger partial charge in [0, 0.05) is 38.3 Å². The van der Waals surface area contributed by atoms with Crippen LogP contribution in [0.2, 0.25) is 10.0 Å². The molecule has 0 aliphatic carbocycles. The van der Waals surface area contributed by atoms with E-state index in [4.69, 9.17) is 35.4 Å². The Balaban J connectivity index is 1.67. The van der Waals surface area contributed by atoms with Gasteiger partial charge in [-0.25, -0.2) is 0 Å². The summed E-state index contributed by atoms with van der Waals surface area (Å²) in [5, 5.41) is 8.37. The molecule has 0 saturated heterocycles. The first-order chi connectivity index (χ1) is 11.1. The van der Waals surface area contributed by atoms with Crippen LogP contribution in [0.1, 0.15) is 5.56 Å². The second-order valence-corrected chi connectivity index (χ2v) is 7.88. The van der Waals surface area contributed by atoms with Crippen molar-refractivity contribution in [3.8, 4) is 0 Å². The number of hydrogen-bond acceptors (Lipinski definition) is 2. The number of nitrogens with one attached hydrogen (secondary N) is 2. The van der Waals surface area contributed by atoms with Crippen LogP contribution in [0.25, 0.3) is 0 Å². The SMILES string of the molecule is S=C(NCCSCc1c(Cl)cccc1Cl)Nc1ccc(Br)cc1. The number of thioether (sulfide) groups is 1. The lowest BCUT2D eigenvalue weighted by molar-refractivity contribution is 0.990. The van der Waals surface area contributed by atoms with E-state index in [1.165, 1.54) is 0 Å². The van der Waals surface area contributed by atoms with Crippen molar-refractivity contribution in [2.24, 2.45) is 0 Å². The van der Waals surface area contributed by atoms with Crippen molar-refractivity contribution in [1.82, 2.24) is 5.32 Å². The fourth-order valence-corrected chi connectivity index (χ4v) is 3.87. The summed E-state index contributed by atoms with van der Waals surface area (Å²) in [6.07, 6.45) is 0. The van der Waals surface area contributed by atoms with E-state index >= 15 is 0 Å². The quantitative estimate of drug-likeness (QED) is 0.418. The Morgan fingerprint density at radius 2 is 1.74 bits per heavy atom. The summed E-state index contributed by atoms with van der Waals surface area (Å²) in [6.45, 7) is 0.773. The van der Waals surface area contributed by atoms with Crippen molar-refractivity contribution >= 4 is 73.9 Å². The molecule has 0 saturated carbocycles. The van der Waals surface area contributed by atoms with Crippen molar-refractivity contribution in [2.75, 3.05) is 17.6 Å². The first-order valence-corrected chi connectivity index (χ1v) is 9.98. The van der Waals surface area contributed by atoms with Crippen LogP contribution in [0.15, 0.2) is 46.9 Å². The Labute approximate surface area is 164 Å². The smallest absolute Gasteiger partial charge is 0.170 e. The van der Waals surface area contributed by atoms with Crippen LogP contribution in [-0.4, -0.2) is 17.4 Å². The average molecular weight is 450 g/mol. The molecule has 0 aliphatic heterocycles. The summed E-state index contributed by atoms with van der Waals surface area (Å²) in [6, 6.07) is 13.4. The lowest BCUT2D eigenvalue weighted by Crippen LogP contribution is -2.30. The van der Waals surface area contributed by atoms with Gasteiger partial charge in [-0.15, -0.1) is 0 Å². The summed E-state index contributed by atoms with van der Waals surface area (Å²) >= 11 is 22.7. The first kappa shape index (κ1) is 18.9. The molecule has 0 bridgehead atoms. The zero-order valence-corrected chi connectivity index (χ0v) is 16.8. The van der Waals surface area contributed by atoms with Crippen LogP contribution in [0, 0.1) is 0 Å². The van der Waals surface area contributed by atoms with Crippen molar-refractivity contribution in [2.45, 2.75) is 5.75 Å². The third-order valence-electron chi connectivity index (χ3n) is 2.94. The lowest BCUT2D eigenvalue weighted by Gasteiger charge is -2.11. The molecular weight excluding hydrogens is 435 g/mol. The zero-order valence-electron chi connectivity index (χ0n) is 12.1. The second kappa shape index (κ2) is 9.74. The molecule has 122 valence electrons. The Kier molecular flexibility index (Phi) is 7.99. The predicted molar refractivity (Wildman–Crippen MR) is 111 cm³/mol. The minimum absolute atomic E-state index is 0.615. The summed E-state index contributed by atoms with van der Waals surface area (Å²) in [4.78, 5) is 0. The average Bonchev–Trinajstić information content (AvgIpc) is 2.52. The van der Waals surface area contributed by atoms with Crippen molar-refractivity contribution in [1.29, 1.82) is 0 Å². The maximum absolute atomic E-state index is 6.15. The van der Waals surface area contributed by atoms with Crippen LogP contribution < -0.4 is 10.6 Å². The van der Waals surface area contributed by atoms with E-state index in [1.807, 2.05) is 42.5 Å². The third-order valence-corrected chi connectivity index (χ3v) is 5.41. The van der Waals surface area contributed by atoms with Gasteiger partial charge in [0.1, 0.15) is 0 Å². The van der Waals surface area contributed by atoms with Gasteiger partial charge in [0.15, 0.2) is 5.11 Å². The Morgan fingerprint density at radius 1 is 1.09 bits per heavy atom. The molecule has 0 fully saturated rings. The molecule has 2 rings (SSSR count). The van der Waals surface area contributed by atoms with E-state index in [2.05, 4.69) is 26.6 Å². The number of rotatable bonds is 6. The number of anilines is 1. The van der Waals surface area contributed by atoms with E-state index in [1.54, 1.807) is 11.8 Å². The highest BCUT2D eigenvalue weighted by molar-refractivity contribution is 9.10. The van der Waals surface area contributed by atoms with Crippen molar-refractivity contribution < 1.29 is 0 Å². The largest absolute Gasteiger partial charge is 0.362 e. The van der Waals surface area contributed by atoms with Crippen molar-refractivity contribution in [3.05, 3.63) is 62.5 Å². The monoisotopic (exact) mass is 448 g/mol. The highest BCUT2D eigenvalue weighted by Gasteiger charge is 2.05. The van der Waals surface area contributed by atoms with Gasteiger partial charge in [-0.1, -0.05) is 45.2 Å². The van der Waals surface area contributed by atoms with E-state index < -0.39 is 0 Å². The summed E-state index contributed by atoms with van der Waals surface area (Å²) < 4.78 is 1.04. The zero-order chi connectivity index (χ0) is 16.7. The fraction of sp³-hybridized carbons (Fsp3) is 0.188. The molecule has 2 aromatic carbocycles. The van der Waals surface area contributed by atoms with Gasteiger partial charge in [0.2, 0.25) is 0 Å². The molecule has 2 N–H and O–H groups in total. The molecule has 0 heterocycles. The van der Waals surface area contributed by atoms with Crippen LogP contribution in [-0.2, 0) is 5.75 Å². The van der Waals surface area contributed by atoms with Gasteiger partial charge in [-0.05, 0) is 54.2 Å². The molecule has 0 aromatic heterocycles. The molecule has 0 spiro atoms. The van der Waals surface area contributed by atoms with E-state index in [0.717, 1.165) is 33.8 Å². The van der Waals surface area contributed by atoms with Gasteiger partial charge in [-0.3, -0.25) is 0 Å². The lowest BCUT2D eigenvalue weighted by atomic mass is 10.2. The molecule has 0 amide bonds. The maximum atomic E-state index is 6.15. The van der Waals surface area contributed by atoms with E-state index in [9.17, 15) is 0 Å². The Morgan fingerprint density at radius 3 is 2.39 bits per heavy atom. The molecule has 0 radical (unpaired) electrons. The van der Waals surface area contributed by atoms with Crippen LogP contribution in [0.5, 0.6) is 0 Å². The molecule has 23 heavy (non-hydrogen) atoms. The number of hydrogen-bond donors (Lipinski definition) is 2.